The van der Waals surface area contributed by atoms with Gasteiger partial charge in [-0.15, -0.1) is 0 Å². The molecule has 0 heterocycles. The van der Waals surface area contributed by atoms with Gasteiger partial charge in [0.2, 0.25) is 0 Å². The molecule has 0 N–H and O–H groups in total. The molecule has 0 radical (unpaired) electrons. The number of ether oxygens (including phenoxy) is 12. The van der Waals surface area contributed by atoms with E-state index >= 15 is 0 Å². The van der Waals surface area contributed by atoms with E-state index in [1.165, 1.54) is 121 Å². The smallest absolute Gasteiger partial charge is 0.343 e. The molecule has 2 saturated carbocycles. The molecular weight excluding hydrogens is 1420 g/mol. The fourth-order valence-electron chi connectivity index (χ4n) is 13.9. The van der Waals surface area contributed by atoms with E-state index in [0.29, 0.717) is 98.3 Å². The van der Waals surface area contributed by atoms with Crippen molar-refractivity contribution in [1.82, 2.24) is 0 Å². The summed E-state index contributed by atoms with van der Waals surface area (Å²) in [5, 5.41) is 0. The van der Waals surface area contributed by atoms with Crippen molar-refractivity contribution in [2.24, 2.45) is 11.8 Å². The van der Waals surface area contributed by atoms with Gasteiger partial charge in [0.05, 0.1) is 81.2 Å². The predicted molar refractivity (Wildman–Crippen MR) is 436 cm³/mol. The van der Waals surface area contributed by atoms with Crippen LogP contribution in [-0.2, 0) is 52.4 Å². The monoisotopic (exact) mass is 1550 g/mol. The summed E-state index contributed by atoms with van der Waals surface area (Å²) in [5.41, 5.74) is 0.824. The van der Waals surface area contributed by atoms with Crippen LogP contribution in [0.3, 0.4) is 0 Å². The molecule has 6 rings (SSSR count). The lowest BCUT2D eigenvalue weighted by molar-refractivity contribution is -0.145. The second-order valence-corrected chi connectivity index (χ2v) is 30.1. The number of esters is 7. The Morgan fingerprint density at radius 3 is 0.848 bits per heavy atom. The largest absolute Gasteiger partial charge is 0.494 e. The third-order valence-electron chi connectivity index (χ3n) is 20.8. The molecule has 0 aromatic heterocycles. The molecule has 0 bridgehead atoms. The van der Waals surface area contributed by atoms with Crippen LogP contribution in [0.5, 0.6) is 34.5 Å². The zero-order valence-corrected chi connectivity index (χ0v) is 67.6. The Bertz CT molecular complexity index is 3190. The Kier molecular flexibility index (Phi) is 50.4. The molecule has 620 valence electrons. The third kappa shape index (κ3) is 44.0. The summed E-state index contributed by atoms with van der Waals surface area (Å²) in [4.78, 5) is 86.2. The lowest BCUT2D eigenvalue weighted by atomic mass is 9.87. The van der Waals surface area contributed by atoms with Gasteiger partial charge in [-0.05, 0) is 200 Å². The SMILES string of the molecule is C=CC(=O)OCCCCCCCCCCCOc1ccc(C(=O)Oc2ccc(OC(=O)C3CCC(OCCCCCCCCCCCOCCC(=O)OCCCCCCCCCCCOC4CCC(C(=O)Oc5ccc(OC(=O)c6ccc(OCCCCCCCCCCCOC(=O)C=C)cc6)cc5)CC4)CC3)cc2)cc1. The maximum absolute atomic E-state index is 13.0. The molecule has 0 atom stereocenters. The van der Waals surface area contributed by atoms with Gasteiger partial charge in [-0.25, -0.2) is 19.2 Å². The first-order valence-electron chi connectivity index (χ1n) is 43.0. The number of carbonyl (C=O) groups excluding carboxylic acids is 7. The highest BCUT2D eigenvalue weighted by molar-refractivity contribution is 5.92. The van der Waals surface area contributed by atoms with Crippen molar-refractivity contribution in [3.8, 4) is 34.5 Å². The van der Waals surface area contributed by atoms with Crippen LogP contribution in [0.2, 0.25) is 0 Å². The normalized spacial score (nSPS) is 15.3. The van der Waals surface area contributed by atoms with Crippen molar-refractivity contribution in [2.75, 3.05) is 59.5 Å². The van der Waals surface area contributed by atoms with E-state index in [9.17, 15) is 33.6 Å². The zero-order chi connectivity index (χ0) is 79.4. The van der Waals surface area contributed by atoms with Gasteiger partial charge in [0.1, 0.15) is 34.5 Å². The third-order valence-corrected chi connectivity index (χ3v) is 20.8. The molecule has 2 aliphatic rings. The molecule has 19 heteroatoms. The minimum atomic E-state index is -0.482. The lowest BCUT2D eigenvalue weighted by Crippen LogP contribution is -2.29. The Labute approximate surface area is 669 Å². The van der Waals surface area contributed by atoms with Crippen LogP contribution in [0, 0.1) is 11.8 Å². The molecule has 4 aromatic rings. The number of benzene rings is 4. The maximum Gasteiger partial charge on any atom is 0.343 e. The highest BCUT2D eigenvalue weighted by Gasteiger charge is 2.30. The van der Waals surface area contributed by atoms with Crippen molar-refractivity contribution < 1.29 is 90.4 Å². The van der Waals surface area contributed by atoms with Crippen LogP contribution < -0.4 is 28.4 Å². The van der Waals surface area contributed by atoms with Crippen molar-refractivity contribution in [3.05, 3.63) is 133 Å². The van der Waals surface area contributed by atoms with E-state index in [1.54, 1.807) is 97.1 Å². The molecule has 0 aliphatic heterocycles. The average Bonchev–Trinajstić information content (AvgIpc) is 0.862. The summed E-state index contributed by atoms with van der Waals surface area (Å²) in [6.07, 6.45) is 49.9. The first-order chi connectivity index (χ1) is 54.9. The Morgan fingerprint density at radius 2 is 0.536 bits per heavy atom. The van der Waals surface area contributed by atoms with Gasteiger partial charge in [0, 0.05) is 32.0 Å². The second-order valence-electron chi connectivity index (χ2n) is 30.1. The Balaban J connectivity index is 0.621. The highest BCUT2D eigenvalue weighted by atomic mass is 16.6. The van der Waals surface area contributed by atoms with E-state index in [-0.39, 0.29) is 53.9 Å². The van der Waals surface area contributed by atoms with Crippen LogP contribution in [0.15, 0.2) is 122 Å². The van der Waals surface area contributed by atoms with Gasteiger partial charge < -0.3 is 56.8 Å². The second kappa shape index (κ2) is 60.7. The van der Waals surface area contributed by atoms with Crippen LogP contribution in [0.4, 0.5) is 0 Å². The average molecular weight is 1560 g/mol. The van der Waals surface area contributed by atoms with E-state index in [2.05, 4.69) is 13.2 Å². The summed E-state index contributed by atoms with van der Waals surface area (Å²) >= 11 is 0. The van der Waals surface area contributed by atoms with Gasteiger partial charge in [-0.1, -0.05) is 193 Å². The first kappa shape index (κ1) is 93.0. The van der Waals surface area contributed by atoms with Gasteiger partial charge in [0.25, 0.3) is 0 Å². The van der Waals surface area contributed by atoms with Gasteiger partial charge >= 0.3 is 41.8 Å². The predicted octanol–water partition coefficient (Wildman–Crippen LogP) is 22.0. The fraction of sp³-hybridized carbons (Fsp3) is 0.624. The minimum Gasteiger partial charge on any atom is -0.494 e. The molecule has 0 saturated heterocycles. The highest BCUT2D eigenvalue weighted by Crippen LogP contribution is 2.32. The summed E-state index contributed by atoms with van der Waals surface area (Å²) in [6.45, 7) is 12.1. The number of hydrogen-bond donors (Lipinski definition) is 0. The Morgan fingerprint density at radius 1 is 0.277 bits per heavy atom. The number of rotatable bonds is 65. The standard InChI is InChI=1S/C93H134O19/c1-3-87(94)106-71-38-30-22-14-6-11-19-27-35-68-103-80-51-43-76(44-52-80)91(98)110-84-59-57-83(58-60-84)109-90(97)75-41-49-79(50-42-75)102-67-34-26-18-10-5-9-17-25-33-66-101-74-65-89(96)108-73-40-32-24-16-8-13-21-29-37-70-105-82-55-47-78(48-56-82)93(100)112-86-63-61-85(62-64-86)111-92(99)77-45-53-81(54-46-77)104-69-36-28-20-12-7-15-23-31-39-72-107-88(95)4-2/h3-4,43-46,51-54,57-64,75,78-79,82H,1-2,5-42,47-50,55-56,65-74H2. The molecule has 2 aliphatic carbocycles. The molecule has 0 amide bonds. The van der Waals surface area contributed by atoms with Crippen molar-refractivity contribution in [2.45, 2.75) is 301 Å². The van der Waals surface area contributed by atoms with E-state index < -0.39 is 11.9 Å². The van der Waals surface area contributed by atoms with Crippen molar-refractivity contribution in [3.63, 3.8) is 0 Å². The summed E-state index contributed by atoms with van der Waals surface area (Å²) in [5.74, 6) is 0.317. The van der Waals surface area contributed by atoms with Crippen LogP contribution in [-0.4, -0.2) is 113 Å². The van der Waals surface area contributed by atoms with E-state index in [1.807, 2.05) is 0 Å². The van der Waals surface area contributed by atoms with Crippen molar-refractivity contribution in [1.29, 1.82) is 0 Å². The number of hydrogen-bond acceptors (Lipinski definition) is 19. The lowest BCUT2D eigenvalue weighted by Gasteiger charge is -2.27. The summed E-state index contributed by atoms with van der Waals surface area (Å²) in [6, 6.07) is 27.0. The first-order valence-corrected chi connectivity index (χ1v) is 43.0. The van der Waals surface area contributed by atoms with Crippen LogP contribution in [0.1, 0.15) is 310 Å². The van der Waals surface area contributed by atoms with Gasteiger partial charge in [-0.2, -0.15) is 0 Å². The number of carbonyl (C=O) groups is 7. The molecule has 0 unspecified atom stereocenters. The van der Waals surface area contributed by atoms with E-state index in [0.717, 1.165) is 187 Å². The fourth-order valence-corrected chi connectivity index (χ4v) is 13.9. The van der Waals surface area contributed by atoms with Crippen molar-refractivity contribution >= 4 is 41.8 Å². The molecular formula is C93H134O19. The maximum atomic E-state index is 13.0. The van der Waals surface area contributed by atoms with Crippen LogP contribution in [0.25, 0.3) is 0 Å². The molecule has 0 spiro atoms. The van der Waals surface area contributed by atoms with Gasteiger partial charge in [0.15, 0.2) is 0 Å². The zero-order valence-electron chi connectivity index (χ0n) is 67.6. The molecule has 4 aromatic carbocycles. The molecule has 19 nitrogen and oxygen atoms in total. The van der Waals surface area contributed by atoms with Crippen LogP contribution >= 0.6 is 0 Å². The topological polar surface area (TPSA) is 230 Å². The quantitative estimate of drug-likeness (QED) is 0.0131. The number of unbranched alkanes of at least 4 members (excludes halogenated alkanes) is 32. The molecule has 2 fully saturated rings. The molecule has 112 heavy (non-hydrogen) atoms. The Hall–Kier alpha value is -7.87. The van der Waals surface area contributed by atoms with E-state index in [4.69, 9.17) is 56.8 Å². The summed E-state index contributed by atoms with van der Waals surface area (Å²) < 4.78 is 68.0. The van der Waals surface area contributed by atoms with Gasteiger partial charge in [-0.3, -0.25) is 14.4 Å². The minimum absolute atomic E-state index is 0.165. The summed E-state index contributed by atoms with van der Waals surface area (Å²) in [7, 11) is 0.